The van der Waals surface area contributed by atoms with Gasteiger partial charge in [0.05, 0.1) is 0 Å². The average Bonchev–Trinajstić information content (AvgIpc) is 3.25. The van der Waals surface area contributed by atoms with E-state index in [9.17, 15) is 4.79 Å². The lowest BCUT2D eigenvalue weighted by atomic mass is 10.0. The number of carbonyl (C=O) groups is 1. The van der Waals surface area contributed by atoms with Crippen LogP contribution in [-0.2, 0) is 6.54 Å². The average molecular weight is 392 g/mol. The van der Waals surface area contributed by atoms with Gasteiger partial charge in [-0.25, -0.2) is 9.78 Å². The molecule has 0 bridgehead atoms. The summed E-state index contributed by atoms with van der Waals surface area (Å²) in [5, 5.41) is 3.00. The van der Waals surface area contributed by atoms with Crippen LogP contribution in [0.15, 0.2) is 60.1 Å². The highest BCUT2D eigenvalue weighted by Gasteiger charge is 2.26. The van der Waals surface area contributed by atoms with Crippen LogP contribution in [0.1, 0.15) is 37.3 Å². The van der Waals surface area contributed by atoms with Crippen molar-refractivity contribution in [1.82, 2.24) is 9.88 Å². The molecule has 0 aliphatic carbocycles. The SMILES string of the molecule is CC(C)c1ccc(N2CCCN(Cc3cccc(-c4nccs4)c3)C2=O)cc1. The molecule has 4 nitrogen and oxygen atoms in total. The molecule has 1 fully saturated rings. The van der Waals surface area contributed by atoms with Crippen molar-refractivity contribution >= 4 is 23.1 Å². The monoisotopic (exact) mass is 391 g/mol. The Morgan fingerprint density at radius 1 is 1.11 bits per heavy atom. The Kier molecular flexibility index (Phi) is 5.44. The van der Waals surface area contributed by atoms with Crippen molar-refractivity contribution in [3.05, 3.63) is 71.2 Å². The molecule has 0 spiro atoms. The van der Waals surface area contributed by atoms with Crippen molar-refractivity contribution in [2.75, 3.05) is 18.0 Å². The number of rotatable bonds is 5. The molecule has 1 aliphatic rings. The molecule has 144 valence electrons. The highest BCUT2D eigenvalue weighted by atomic mass is 32.1. The van der Waals surface area contributed by atoms with Crippen molar-refractivity contribution < 1.29 is 4.79 Å². The van der Waals surface area contributed by atoms with Gasteiger partial charge in [-0.2, -0.15) is 0 Å². The zero-order valence-electron chi connectivity index (χ0n) is 16.3. The van der Waals surface area contributed by atoms with E-state index < -0.39 is 0 Å². The summed E-state index contributed by atoms with van der Waals surface area (Å²) in [5.41, 5.74) is 4.52. The zero-order valence-corrected chi connectivity index (χ0v) is 17.2. The van der Waals surface area contributed by atoms with Gasteiger partial charge in [0.2, 0.25) is 0 Å². The number of nitrogens with zero attached hydrogens (tertiary/aromatic N) is 3. The van der Waals surface area contributed by atoms with E-state index in [1.807, 2.05) is 27.4 Å². The second kappa shape index (κ2) is 8.15. The van der Waals surface area contributed by atoms with Gasteiger partial charge in [0.25, 0.3) is 0 Å². The number of aromatic nitrogens is 1. The van der Waals surface area contributed by atoms with E-state index in [-0.39, 0.29) is 6.03 Å². The lowest BCUT2D eigenvalue weighted by Gasteiger charge is -2.36. The number of amides is 2. The molecule has 0 atom stereocenters. The van der Waals surface area contributed by atoms with Gasteiger partial charge in [-0.05, 0) is 41.7 Å². The van der Waals surface area contributed by atoms with Crippen LogP contribution in [0.4, 0.5) is 10.5 Å². The lowest BCUT2D eigenvalue weighted by molar-refractivity contribution is 0.192. The van der Waals surface area contributed by atoms with E-state index in [2.05, 4.69) is 61.3 Å². The van der Waals surface area contributed by atoms with E-state index in [1.165, 1.54) is 5.56 Å². The minimum Gasteiger partial charge on any atom is -0.320 e. The molecule has 28 heavy (non-hydrogen) atoms. The van der Waals surface area contributed by atoms with Gasteiger partial charge in [0.1, 0.15) is 5.01 Å². The highest BCUT2D eigenvalue weighted by molar-refractivity contribution is 7.13. The fraction of sp³-hybridized carbons (Fsp3) is 0.304. The Morgan fingerprint density at radius 2 is 1.93 bits per heavy atom. The molecule has 5 heteroatoms. The molecule has 0 radical (unpaired) electrons. The van der Waals surface area contributed by atoms with Crippen LogP contribution in [0.2, 0.25) is 0 Å². The van der Waals surface area contributed by atoms with Gasteiger partial charge in [0.15, 0.2) is 0 Å². The Hall–Kier alpha value is -2.66. The van der Waals surface area contributed by atoms with Gasteiger partial charge in [-0.1, -0.05) is 44.2 Å². The number of hydrogen-bond acceptors (Lipinski definition) is 3. The number of hydrogen-bond donors (Lipinski definition) is 0. The summed E-state index contributed by atoms with van der Waals surface area (Å²) < 4.78 is 0. The summed E-state index contributed by atoms with van der Waals surface area (Å²) in [5.74, 6) is 0.493. The van der Waals surface area contributed by atoms with Crippen molar-refractivity contribution in [2.45, 2.75) is 32.7 Å². The molecular formula is C23H25N3OS. The van der Waals surface area contributed by atoms with Gasteiger partial charge in [-0.3, -0.25) is 4.90 Å². The first kappa shape index (κ1) is 18.7. The zero-order chi connectivity index (χ0) is 19.5. The molecule has 3 aromatic rings. The summed E-state index contributed by atoms with van der Waals surface area (Å²) in [6.07, 6.45) is 2.80. The molecule has 2 amide bonds. The quantitative estimate of drug-likeness (QED) is 0.554. The van der Waals surface area contributed by atoms with Crippen molar-refractivity contribution in [3.8, 4) is 10.6 Å². The van der Waals surface area contributed by atoms with Gasteiger partial charge >= 0.3 is 6.03 Å². The third-order valence-electron chi connectivity index (χ3n) is 5.16. The largest absolute Gasteiger partial charge is 0.324 e. The van der Waals surface area contributed by atoms with E-state index in [0.717, 1.165) is 41.3 Å². The smallest absolute Gasteiger partial charge is 0.320 e. The van der Waals surface area contributed by atoms with Gasteiger partial charge in [0, 0.05) is 42.5 Å². The molecule has 0 N–H and O–H groups in total. The Morgan fingerprint density at radius 3 is 2.64 bits per heavy atom. The highest BCUT2D eigenvalue weighted by Crippen LogP contribution is 2.26. The van der Waals surface area contributed by atoms with Crippen molar-refractivity contribution in [3.63, 3.8) is 0 Å². The fourth-order valence-corrected chi connectivity index (χ4v) is 4.23. The van der Waals surface area contributed by atoms with E-state index in [1.54, 1.807) is 11.3 Å². The maximum Gasteiger partial charge on any atom is 0.324 e. The Balaban J connectivity index is 1.50. The van der Waals surface area contributed by atoms with E-state index in [4.69, 9.17) is 0 Å². The second-order valence-corrected chi connectivity index (χ2v) is 8.39. The number of thiazole rings is 1. The fourth-order valence-electron chi connectivity index (χ4n) is 3.60. The lowest BCUT2D eigenvalue weighted by Crippen LogP contribution is -2.49. The molecule has 0 unspecified atom stereocenters. The molecule has 1 aromatic heterocycles. The van der Waals surface area contributed by atoms with Crippen LogP contribution in [-0.4, -0.2) is 29.0 Å². The van der Waals surface area contributed by atoms with Crippen LogP contribution in [0.3, 0.4) is 0 Å². The molecule has 1 aliphatic heterocycles. The minimum absolute atomic E-state index is 0.0863. The summed E-state index contributed by atoms with van der Waals surface area (Å²) in [4.78, 5) is 21.3. The van der Waals surface area contributed by atoms with Crippen LogP contribution in [0.5, 0.6) is 0 Å². The Bertz CT molecular complexity index is 935. The summed E-state index contributed by atoms with van der Waals surface area (Å²) in [6, 6.07) is 16.8. The third-order valence-corrected chi connectivity index (χ3v) is 5.98. The summed E-state index contributed by atoms with van der Waals surface area (Å²) in [6.45, 7) is 6.56. The van der Waals surface area contributed by atoms with Crippen LogP contribution < -0.4 is 4.90 Å². The molecule has 2 heterocycles. The maximum atomic E-state index is 13.1. The number of urea groups is 1. The summed E-state index contributed by atoms with van der Waals surface area (Å²) >= 11 is 1.63. The topological polar surface area (TPSA) is 36.4 Å². The Labute approximate surface area is 170 Å². The van der Waals surface area contributed by atoms with Crippen LogP contribution in [0, 0.1) is 0 Å². The second-order valence-electron chi connectivity index (χ2n) is 7.49. The molecule has 1 saturated heterocycles. The van der Waals surface area contributed by atoms with Crippen LogP contribution >= 0.6 is 11.3 Å². The minimum atomic E-state index is 0.0863. The molecule has 2 aromatic carbocycles. The van der Waals surface area contributed by atoms with Gasteiger partial charge < -0.3 is 4.90 Å². The standard InChI is InChI=1S/C23H25N3OS/c1-17(2)19-7-9-21(10-8-19)26-13-4-12-25(23(26)27)16-18-5-3-6-20(15-18)22-24-11-14-28-22/h3,5-11,14-15,17H,4,12-13,16H2,1-2H3. The summed E-state index contributed by atoms with van der Waals surface area (Å²) in [7, 11) is 0. The normalized spacial score (nSPS) is 14.8. The first-order valence-corrected chi connectivity index (χ1v) is 10.6. The van der Waals surface area contributed by atoms with Crippen molar-refractivity contribution in [1.29, 1.82) is 0 Å². The number of carbonyl (C=O) groups excluding carboxylic acids is 1. The predicted octanol–water partition coefficient (Wildman–Crippen LogP) is 5.77. The number of anilines is 1. The maximum absolute atomic E-state index is 13.1. The van der Waals surface area contributed by atoms with Crippen molar-refractivity contribution in [2.24, 2.45) is 0 Å². The third kappa shape index (κ3) is 3.94. The van der Waals surface area contributed by atoms with Crippen LogP contribution in [0.25, 0.3) is 10.6 Å². The molecule has 4 rings (SSSR count). The van der Waals surface area contributed by atoms with E-state index >= 15 is 0 Å². The predicted molar refractivity (Wildman–Crippen MR) is 116 cm³/mol. The van der Waals surface area contributed by atoms with E-state index in [0.29, 0.717) is 12.5 Å². The van der Waals surface area contributed by atoms with Gasteiger partial charge in [-0.15, -0.1) is 11.3 Å². The molecular weight excluding hydrogens is 366 g/mol. The molecule has 0 saturated carbocycles. The first-order chi connectivity index (χ1) is 13.6. The first-order valence-electron chi connectivity index (χ1n) is 9.77. The number of benzene rings is 2.